The standard InChI is InChI=1S/C25H30N4O5/c1-14(2)22(26)24(32)28-20(12-16-13-27-19-6-4-3-5-18(16)19)23(31)29-21(25(33)34)11-15-7-9-17(30)10-8-15/h3-10,13-14,20-22,27,30H,11-12,26H2,1-2H3,(H,28,32)(H,29,31)(H,33,34)/t20-,21-,22-/m0/s1. The van der Waals surface area contributed by atoms with E-state index in [9.17, 15) is 24.6 Å². The Labute approximate surface area is 197 Å². The smallest absolute Gasteiger partial charge is 0.326 e. The van der Waals surface area contributed by atoms with Gasteiger partial charge >= 0.3 is 5.97 Å². The zero-order valence-electron chi connectivity index (χ0n) is 19.1. The minimum Gasteiger partial charge on any atom is -0.508 e. The van der Waals surface area contributed by atoms with E-state index in [-0.39, 0.29) is 24.5 Å². The Balaban J connectivity index is 1.82. The Bertz CT molecular complexity index is 1160. The summed E-state index contributed by atoms with van der Waals surface area (Å²) in [6.07, 6.45) is 1.93. The minimum atomic E-state index is -1.22. The number of nitrogens with two attached hydrogens (primary N) is 1. The molecule has 3 aromatic rings. The normalized spacial score (nSPS) is 13.9. The molecule has 7 N–H and O–H groups in total. The number of amides is 2. The van der Waals surface area contributed by atoms with E-state index in [0.717, 1.165) is 16.5 Å². The maximum absolute atomic E-state index is 13.2. The minimum absolute atomic E-state index is 0.0145. The summed E-state index contributed by atoms with van der Waals surface area (Å²) < 4.78 is 0. The summed E-state index contributed by atoms with van der Waals surface area (Å²) in [5.74, 6) is -2.40. The van der Waals surface area contributed by atoms with Gasteiger partial charge in [0.15, 0.2) is 0 Å². The van der Waals surface area contributed by atoms with Crippen LogP contribution in [0.5, 0.6) is 5.75 Å². The summed E-state index contributed by atoms with van der Waals surface area (Å²) in [7, 11) is 0. The topological polar surface area (TPSA) is 158 Å². The van der Waals surface area contributed by atoms with Gasteiger partial charge in [-0.05, 0) is 35.2 Å². The largest absolute Gasteiger partial charge is 0.508 e. The first-order valence-corrected chi connectivity index (χ1v) is 11.1. The van der Waals surface area contributed by atoms with Gasteiger partial charge < -0.3 is 31.6 Å². The van der Waals surface area contributed by atoms with E-state index >= 15 is 0 Å². The van der Waals surface area contributed by atoms with E-state index < -0.39 is 35.9 Å². The Morgan fingerprint density at radius 1 is 0.941 bits per heavy atom. The number of nitrogens with one attached hydrogen (secondary N) is 3. The zero-order chi connectivity index (χ0) is 24.8. The van der Waals surface area contributed by atoms with E-state index in [1.807, 2.05) is 24.3 Å². The summed E-state index contributed by atoms with van der Waals surface area (Å²) in [5, 5.41) is 25.3. The predicted octanol–water partition coefficient (Wildman–Crippen LogP) is 1.70. The number of carboxylic acid groups (broad SMARTS) is 1. The van der Waals surface area contributed by atoms with Crippen LogP contribution in [0.15, 0.2) is 54.7 Å². The molecular formula is C25H30N4O5. The molecule has 0 saturated carbocycles. The number of aromatic hydroxyl groups is 1. The predicted molar refractivity (Wildman–Crippen MR) is 128 cm³/mol. The molecule has 0 unspecified atom stereocenters. The highest BCUT2D eigenvalue weighted by molar-refractivity contribution is 5.93. The van der Waals surface area contributed by atoms with Crippen molar-refractivity contribution in [1.82, 2.24) is 15.6 Å². The summed E-state index contributed by atoms with van der Waals surface area (Å²) in [6.45, 7) is 3.61. The highest BCUT2D eigenvalue weighted by atomic mass is 16.4. The summed E-state index contributed by atoms with van der Waals surface area (Å²) in [6, 6.07) is 10.6. The molecule has 9 nitrogen and oxygen atoms in total. The fourth-order valence-electron chi connectivity index (χ4n) is 3.64. The number of fused-ring (bicyclic) bond motifs is 1. The van der Waals surface area contributed by atoms with Crippen LogP contribution in [0.25, 0.3) is 10.9 Å². The van der Waals surface area contributed by atoms with Gasteiger partial charge in [0.2, 0.25) is 11.8 Å². The summed E-state index contributed by atoms with van der Waals surface area (Å²) >= 11 is 0. The third-order valence-corrected chi connectivity index (χ3v) is 5.74. The highest BCUT2D eigenvalue weighted by Gasteiger charge is 2.29. The molecule has 0 fully saturated rings. The molecule has 0 aliphatic carbocycles. The van der Waals surface area contributed by atoms with Crippen molar-refractivity contribution in [2.24, 2.45) is 11.7 Å². The summed E-state index contributed by atoms with van der Waals surface area (Å²) in [5.41, 5.74) is 8.29. The summed E-state index contributed by atoms with van der Waals surface area (Å²) in [4.78, 5) is 40.9. The van der Waals surface area contributed by atoms with Crippen LogP contribution in [0.2, 0.25) is 0 Å². The van der Waals surface area contributed by atoms with E-state index in [4.69, 9.17) is 5.73 Å². The molecule has 0 saturated heterocycles. The lowest BCUT2D eigenvalue weighted by molar-refractivity contribution is -0.142. The van der Waals surface area contributed by atoms with E-state index in [1.165, 1.54) is 12.1 Å². The molecule has 34 heavy (non-hydrogen) atoms. The SMILES string of the molecule is CC(C)[C@H](N)C(=O)N[C@@H](Cc1c[nH]c2ccccc12)C(=O)N[C@@H](Cc1ccc(O)cc1)C(=O)O. The second kappa shape index (κ2) is 10.8. The lowest BCUT2D eigenvalue weighted by Gasteiger charge is -2.24. The van der Waals surface area contributed by atoms with Gasteiger partial charge in [-0.1, -0.05) is 44.2 Å². The molecule has 0 aliphatic heterocycles. The molecule has 0 radical (unpaired) electrons. The molecule has 180 valence electrons. The Hall–Kier alpha value is -3.85. The molecule has 1 aromatic heterocycles. The Morgan fingerprint density at radius 3 is 2.24 bits per heavy atom. The first-order valence-electron chi connectivity index (χ1n) is 11.1. The van der Waals surface area contributed by atoms with Crippen molar-refractivity contribution in [3.8, 4) is 5.75 Å². The quantitative estimate of drug-likeness (QED) is 0.267. The zero-order valence-corrected chi connectivity index (χ0v) is 19.1. The first-order chi connectivity index (χ1) is 16.2. The van der Waals surface area contributed by atoms with Crippen LogP contribution in [0.3, 0.4) is 0 Å². The maximum atomic E-state index is 13.2. The molecular weight excluding hydrogens is 436 g/mol. The van der Waals surface area contributed by atoms with Crippen LogP contribution in [0.1, 0.15) is 25.0 Å². The van der Waals surface area contributed by atoms with Crippen molar-refractivity contribution in [1.29, 1.82) is 0 Å². The number of carbonyl (C=O) groups excluding carboxylic acids is 2. The average Bonchev–Trinajstić information content (AvgIpc) is 3.21. The van der Waals surface area contributed by atoms with Gasteiger partial charge in [0, 0.05) is 29.9 Å². The number of aromatic nitrogens is 1. The Kier molecular flexibility index (Phi) is 7.91. The van der Waals surface area contributed by atoms with Crippen molar-refractivity contribution in [2.75, 3.05) is 0 Å². The van der Waals surface area contributed by atoms with Crippen molar-refractivity contribution in [3.05, 3.63) is 65.9 Å². The monoisotopic (exact) mass is 466 g/mol. The van der Waals surface area contributed by atoms with E-state index in [0.29, 0.717) is 5.56 Å². The van der Waals surface area contributed by atoms with Crippen LogP contribution in [-0.2, 0) is 27.2 Å². The van der Waals surface area contributed by atoms with E-state index in [2.05, 4.69) is 15.6 Å². The number of hydrogen-bond acceptors (Lipinski definition) is 5. The molecule has 2 aromatic carbocycles. The molecule has 1 heterocycles. The van der Waals surface area contributed by atoms with Crippen LogP contribution in [-0.4, -0.2) is 51.1 Å². The number of carbonyl (C=O) groups is 3. The van der Waals surface area contributed by atoms with Crippen molar-refractivity contribution in [3.63, 3.8) is 0 Å². The van der Waals surface area contributed by atoms with Gasteiger partial charge in [0.05, 0.1) is 6.04 Å². The second-order valence-corrected chi connectivity index (χ2v) is 8.66. The number of phenols is 1. The second-order valence-electron chi connectivity index (χ2n) is 8.66. The van der Waals surface area contributed by atoms with Gasteiger partial charge in [-0.2, -0.15) is 0 Å². The van der Waals surface area contributed by atoms with E-state index in [1.54, 1.807) is 32.2 Å². The van der Waals surface area contributed by atoms with Crippen molar-refractivity contribution >= 4 is 28.7 Å². The van der Waals surface area contributed by atoms with Gasteiger partial charge in [-0.15, -0.1) is 0 Å². The molecule has 0 spiro atoms. The fourth-order valence-corrected chi connectivity index (χ4v) is 3.64. The van der Waals surface area contributed by atoms with Crippen LogP contribution in [0.4, 0.5) is 0 Å². The number of aliphatic carboxylic acids is 1. The lowest BCUT2D eigenvalue weighted by Crippen LogP contribution is -2.56. The van der Waals surface area contributed by atoms with Crippen molar-refractivity contribution < 1.29 is 24.6 Å². The first kappa shape index (κ1) is 24.8. The highest BCUT2D eigenvalue weighted by Crippen LogP contribution is 2.19. The van der Waals surface area contributed by atoms with Gasteiger partial charge in [0.1, 0.15) is 17.8 Å². The number of benzene rings is 2. The van der Waals surface area contributed by atoms with Crippen molar-refractivity contribution in [2.45, 2.75) is 44.8 Å². The third kappa shape index (κ3) is 6.14. The number of hydrogen-bond donors (Lipinski definition) is 6. The average molecular weight is 467 g/mol. The Morgan fingerprint density at radius 2 is 1.59 bits per heavy atom. The van der Waals surface area contributed by atoms with Crippen LogP contribution < -0.4 is 16.4 Å². The maximum Gasteiger partial charge on any atom is 0.326 e. The van der Waals surface area contributed by atoms with Crippen LogP contribution in [0, 0.1) is 5.92 Å². The molecule has 0 aliphatic rings. The number of rotatable bonds is 10. The number of para-hydroxylation sites is 1. The number of phenolic OH excluding ortho intramolecular Hbond substituents is 1. The fraction of sp³-hybridized carbons (Fsp3) is 0.320. The number of carboxylic acids is 1. The lowest BCUT2D eigenvalue weighted by atomic mass is 10.0. The van der Waals surface area contributed by atoms with Gasteiger partial charge in [-0.25, -0.2) is 4.79 Å². The molecule has 0 bridgehead atoms. The van der Waals surface area contributed by atoms with Gasteiger partial charge in [-0.3, -0.25) is 9.59 Å². The molecule has 3 rings (SSSR count). The molecule has 2 amide bonds. The number of H-pyrrole nitrogens is 1. The van der Waals surface area contributed by atoms with Gasteiger partial charge in [0.25, 0.3) is 0 Å². The number of aromatic amines is 1. The van der Waals surface area contributed by atoms with Crippen LogP contribution >= 0.6 is 0 Å². The molecule has 9 heteroatoms. The third-order valence-electron chi connectivity index (χ3n) is 5.74. The molecule has 3 atom stereocenters.